The van der Waals surface area contributed by atoms with Crippen molar-refractivity contribution in [3.05, 3.63) is 23.8 Å². The second kappa shape index (κ2) is 4.45. The number of aliphatic hydroxyl groups is 2. The SMILES string of the molecule is C[C@]12CC[C@H]3[C@@H](CC=C4C[C@@H](O)C=C[C@@H]43)[C@@H]1CC[C@H]2O. The molecule has 0 radical (unpaired) electrons. The zero-order valence-corrected chi connectivity index (χ0v) is 12.3. The lowest BCUT2D eigenvalue weighted by Gasteiger charge is -2.52. The molecule has 7 atom stereocenters. The molecule has 4 aliphatic carbocycles. The summed E-state index contributed by atoms with van der Waals surface area (Å²) in [6.07, 6.45) is 13.0. The molecule has 2 nitrogen and oxygen atoms in total. The summed E-state index contributed by atoms with van der Waals surface area (Å²) in [4.78, 5) is 0. The van der Waals surface area contributed by atoms with E-state index < -0.39 is 0 Å². The van der Waals surface area contributed by atoms with E-state index in [1.54, 1.807) is 0 Å². The van der Waals surface area contributed by atoms with Gasteiger partial charge in [0.05, 0.1) is 12.2 Å². The number of allylic oxidation sites excluding steroid dienone is 2. The van der Waals surface area contributed by atoms with Crippen molar-refractivity contribution in [3.63, 3.8) is 0 Å². The predicted octanol–water partition coefficient (Wildman–Crippen LogP) is 3.06. The summed E-state index contributed by atoms with van der Waals surface area (Å²) in [5.74, 6) is 2.77. The topological polar surface area (TPSA) is 40.5 Å². The molecule has 0 aromatic rings. The summed E-state index contributed by atoms with van der Waals surface area (Å²) in [5, 5.41) is 20.2. The van der Waals surface area contributed by atoms with Gasteiger partial charge in [-0.15, -0.1) is 0 Å². The van der Waals surface area contributed by atoms with Crippen LogP contribution >= 0.6 is 0 Å². The van der Waals surface area contributed by atoms with Crippen LogP contribution < -0.4 is 0 Å². The lowest BCUT2D eigenvalue weighted by molar-refractivity contribution is -0.0416. The maximum Gasteiger partial charge on any atom is 0.0758 e. The first kappa shape index (κ1) is 13.1. The normalized spacial score (nSPS) is 53.9. The van der Waals surface area contributed by atoms with Crippen molar-refractivity contribution in [1.82, 2.24) is 0 Å². The molecule has 4 aliphatic rings. The van der Waals surface area contributed by atoms with Gasteiger partial charge in [-0.2, -0.15) is 0 Å². The molecular weight excluding hydrogens is 248 g/mol. The molecule has 0 aromatic heterocycles. The quantitative estimate of drug-likeness (QED) is 0.667. The molecular formula is C18H26O2. The average molecular weight is 274 g/mol. The standard InChI is InChI=1S/C18H26O2/c1-18-9-8-14-13-5-3-12(19)10-11(13)2-4-15(14)16(18)6-7-17(18)20/h2-3,5,12-17,19-20H,4,6-10H2,1H3/t12-,13-,14+,15+,16-,17+,18-/m0/s1. The van der Waals surface area contributed by atoms with Gasteiger partial charge in [0.1, 0.15) is 0 Å². The van der Waals surface area contributed by atoms with Crippen LogP contribution in [0, 0.1) is 29.1 Å². The van der Waals surface area contributed by atoms with Gasteiger partial charge in [0.25, 0.3) is 0 Å². The summed E-state index contributed by atoms with van der Waals surface area (Å²) in [7, 11) is 0. The van der Waals surface area contributed by atoms with Crippen LogP contribution in [-0.4, -0.2) is 22.4 Å². The van der Waals surface area contributed by atoms with Crippen molar-refractivity contribution >= 4 is 0 Å². The molecule has 2 fully saturated rings. The molecule has 0 unspecified atom stereocenters. The first-order valence-electron chi connectivity index (χ1n) is 8.33. The summed E-state index contributed by atoms with van der Waals surface area (Å²) in [6.45, 7) is 2.32. The highest BCUT2D eigenvalue weighted by molar-refractivity contribution is 5.27. The van der Waals surface area contributed by atoms with Gasteiger partial charge in [-0.1, -0.05) is 30.7 Å². The summed E-state index contributed by atoms with van der Waals surface area (Å²) in [6, 6.07) is 0. The highest BCUT2D eigenvalue weighted by Crippen LogP contribution is 2.60. The largest absolute Gasteiger partial charge is 0.393 e. The van der Waals surface area contributed by atoms with Crippen molar-refractivity contribution in [1.29, 1.82) is 0 Å². The third-order valence-electron chi connectivity index (χ3n) is 6.97. The fourth-order valence-electron chi connectivity index (χ4n) is 5.82. The molecule has 2 saturated carbocycles. The highest BCUT2D eigenvalue weighted by atomic mass is 16.3. The van der Waals surface area contributed by atoms with Crippen molar-refractivity contribution in [3.8, 4) is 0 Å². The second-order valence-electron chi connectivity index (χ2n) is 7.77. The maximum atomic E-state index is 10.4. The van der Waals surface area contributed by atoms with Gasteiger partial charge in [-0.3, -0.25) is 0 Å². The summed E-state index contributed by atoms with van der Waals surface area (Å²) in [5.41, 5.74) is 1.65. The van der Waals surface area contributed by atoms with Crippen molar-refractivity contribution in [2.75, 3.05) is 0 Å². The fraction of sp³-hybridized carbons (Fsp3) is 0.778. The minimum atomic E-state index is -0.267. The van der Waals surface area contributed by atoms with E-state index in [-0.39, 0.29) is 17.6 Å². The van der Waals surface area contributed by atoms with Gasteiger partial charge in [-0.25, -0.2) is 0 Å². The van der Waals surface area contributed by atoms with Gasteiger partial charge in [0.15, 0.2) is 0 Å². The van der Waals surface area contributed by atoms with Crippen molar-refractivity contribution in [2.24, 2.45) is 29.1 Å². The fourth-order valence-corrected chi connectivity index (χ4v) is 5.82. The molecule has 0 saturated heterocycles. The van der Waals surface area contributed by atoms with Crippen molar-refractivity contribution in [2.45, 2.75) is 57.7 Å². The first-order chi connectivity index (χ1) is 9.59. The molecule has 0 heterocycles. The Morgan fingerprint density at radius 2 is 1.95 bits per heavy atom. The van der Waals surface area contributed by atoms with Crippen LogP contribution in [-0.2, 0) is 0 Å². The van der Waals surface area contributed by atoms with Crippen LogP contribution in [0.1, 0.15) is 45.4 Å². The third-order valence-corrected chi connectivity index (χ3v) is 6.97. The number of aliphatic hydroxyl groups excluding tert-OH is 2. The average Bonchev–Trinajstić information content (AvgIpc) is 2.74. The lowest BCUT2D eigenvalue weighted by Crippen LogP contribution is -2.46. The molecule has 20 heavy (non-hydrogen) atoms. The predicted molar refractivity (Wildman–Crippen MR) is 79.0 cm³/mol. The molecule has 4 rings (SSSR count). The Hall–Kier alpha value is -0.600. The Balaban J connectivity index is 1.65. The van der Waals surface area contributed by atoms with E-state index in [0.29, 0.717) is 11.8 Å². The van der Waals surface area contributed by atoms with Gasteiger partial charge < -0.3 is 10.2 Å². The van der Waals surface area contributed by atoms with Crippen LogP contribution in [0.3, 0.4) is 0 Å². The zero-order valence-electron chi connectivity index (χ0n) is 12.3. The molecule has 0 bridgehead atoms. The van der Waals surface area contributed by atoms with Gasteiger partial charge in [-0.05, 0) is 61.7 Å². The van der Waals surface area contributed by atoms with Gasteiger partial charge in [0, 0.05) is 5.92 Å². The monoisotopic (exact) mass is 274 g/mol. The molecule has 0 aliphatic heterocycles. The van der Waals surface area contributed by atoms with Crippen molar-refractivity contribution < 1.29 is 10.2 Å². The first-order valence-corrected chi connectivity index (χ1v) is 8.33. The smallest absolute Gasteiger partial charge is 0.0758 e. The molecule has 0 aromatic carbocycles. The Morgan fingerprint density at radius 3 is 2.80 bits per heavy atom. The molecule has 2 N–H and O–H groups in total. The van der Waals surface area contributed by atoms with Gasteiger partial charge >= 0.3 is 0 Å². The highest BCUT2D eigenvalue weighted by Gasteiger charge is 2.55. The molecule has 110 valence electrons. The summed E-state index contributed by atoms with van der Waals surface area (Å²) >= 11 is 0. The number of rotatable bonds is 0. The maximum absolute atomic E-state index is 10.4. The van der Waals surface area contributed by atoms with E-state index in [9.17, 15) is 10.2 Å². The second-order valence-corrected chi connectivity index (χ2v) is 7.77. The van der Waals surface area contributed by atoms with E-state index >= 15 is 0 Å². The van der Waals surface area contributed by atoms with E-state index in [1.807, 2.05) is 6.08 Å². The van der Waals surface area contributed by atoms with Crippen LogP contribution in [0.25, 0.3) is 0 Å². The number of hydrogen-bond donors (Lipinski definition) is 2. The van der Waals surface area contributed by atoms with Crippen LogP contribution in [0.5, 0.6) is 0 Å². The molecule has 0 amide bonds. The Morgan fingerprint density at radius 1 is 1.10 bits per heavy atom. The minimum Gasteiger partial charge on any atom is -0.393 e. The van der Waals surface area contributed by atoms with E-state index in [1.165, 1.54) is 31.3 Å². The molecule has 0 spiro atoms. The number of fused-ring (bicyclic) bond motifs is 5. The zero-order chi connectivity index (χ0) is 13.9. The minimum absolute atomic E-state index is 0.0810. The Bertz CT molecular complexity index is 466. The lowest BCUT2D eigenvalue weighted by atomic mass is 9.53. The van der Waals surface area contributed by atoms with Crippen LogP contribution in [0.2, 0.25) is 0 Å². The van der Waals surface area contributed by atoms with E-state index in [2.05, 4.69) is 19.1 Å². The summed E-state index contributed by atoms with van der Waals surface area (Å²) < 4.78 is 0. The van der Waals surface area contributed by atoms with Crippen LogP contribution in [0.4, 0.5) is 0 Å². The number of hydrogen-bond acceptors (Lipinski definition) is 2. The van der Waals surface area contributed by atoms with Crippen LogP contribution in [0.15, 0.2) is 23.8 Å². The molecule has 2 heteroatoms. The van der Waals surface area contributed by atoms with E-state index in [4.69, 9.17) is 0 Å². The Kier molecular flexibility index (Phi) is 2.91. The third kappa shape index (κ3) is 1.70. The Labute approximate surface area is 121 Å². The van der Waals surface area contributed by atoms with E-state index in [0.717, 1.165) is 24.7 Å². The van der Waals surface area contributed by atoms with Gasteiger partial charge in [0.2, 0.25) is 0 Å².